The Bertz CT molecular complexity index is 1070. The van der Waals surface area contributed by atoms with Crippen molar-refractivity contribution in [3.8, 4) is 11.5 Å². The van der Waals surface area contributed by atoms with Gasteiger partial charge in [-0.2, -0.15) is 0 Å². The minimum absolute atomic E-state index is 0.284. The van der Waals surface area contributed by atoms with Crippen LogP contribution in [0.25, 0.3) is 0 Å². The first-order valence-corrected chi connectivity index (χ1v) is 9.46. The molecule has 0 atom stereocenters. The summed E-state index contributed by atoms with van der Waals surface area (Å²) in [7, 11) is 0. The first-order chi connectivity index (χ1) is 14.7. The molecule has 9 heteroatoms. The number of nitrogens with zero attached hydrogens (tertiary/aromatic N) is 2. The molecule has 2 heterocycles. The van der Waals surface area contributed by atoms with Crippen molar-refractivity contribution >= 4 is 34.7 Å². The average molecular weight is 407 g/mol. The van der Waals surface area contributed by atoms with Crippen molar-refractivity contribution in [2.75, 3.05) is 36.2 Å². The molecule has 0 saturated carbocycles. The summed E-state index contributed by atoms with van der Waals surface area (Å²) in [6, 6.07) is 12.5. The molecular formula is C21H21N5O4. The monoisotopic (exact) mass is 407 g/mol. The Balaban J connectivity index is 1.58. The molecular weight excluding hydrogens is 386 g/mol. The average Bonchev–Trinajstić information content (AvgIpc) is 2.77. The van der Waals surface area contributed by atoms with Gasteiger partial charge in [0.2, 0.25) is 0 Å². The van der Waals surface area contributed by atoms with E-state index in [2.05, 4.69) is 20.6 Å². The van der Waals surface area contributed by atoms with Crippen molar-refractivity contribution in [3.05, 3.63) is 54.4 Å². The predicted molar refractivity (Wildman–Crippen MR) is 113 cm³/mol. The minimum atomic E-state index is -0.428. The van der Waals surface area contributed by atoms with Crippen LogP contribution in [0.3, 0.4) is 0 Å². The van der Waals surface area contributed by atoms with Crippen LogP contribution in [0.4, 0.5) is 28.7 Å². The summed E-state index contributed by atoms with van der Waals surface area (Å²) in [5.41, 5.74) is 8.24. The summed E-state index contributed by atoms with van der Waals surface area (Å²) >= 11 is 0. The van der Waals surface area contributed by atoms with E-state index in [1.54, 1.807) is 31.2 Å². The quantitative estimate of drug-likeness (QED) is 0.527. The molecule has 0 bridgehead atoms. The number of nitrogens with one attached hydrogen (secondary N) is 2. The molecule has 2 aromatic carbocycles. The van der Waals surface area contributed by atoms with E-state index in [4.69, 9.17) is 19.9 Å². The summed E-state index contributed by atoms with van der Waals surface area (Å²) < 4.78 is 16.2. The predicted octanol–water partition coefficient (Wildman–Crippen LogP) is 3.49. The summed E-state index contributed by atoms with van der Waals surface area (Å²) in [5.74, 6) is 1.70. The van der Waals surface area contributed by atoms with Gasteiger partial charge >= 0.3 is 5.97 Å². The molecule has 0 unspecified atom stereocenters. The highest BCUT2D eigenvalue weighted by Gasteiger charge is 2.16. The van der Waals surface area contributed by atoms with Crippen molar-refractivity contribution in [2.24, 2.45) is 0 Å². The molecule has 4 N–H and O–H groups in total. The highest BCUT2D eigenvalue weighted by molar-refractivity contribution is 5.97. The zero-order valence-corrected chi connectivity index (χ0v) is 16.3. The lowest BCUT2D eigenvalue weighted by Gasteiger charge is -2.19. The van der Waals surface area contributed by atoms with E-state index in [1.807, 2.05) is 18.2 Å². The number of nitrogens with two attached hydrogens (primary N) is 1. The van der Waals surface area contributed by atoms with Gasteiger partial charge < -0.3 is 30.6 Å². The molecule has 1 aliphatic heterocycles. The molecule has 0 amide bonds. The van der Waals surface area contributed by atoms with Crippen LogP contribution in [-0.4, -0.2) is 35.8 Å². The Kier molecular flexibility index (Phi) is 5.51. The number of para-hydroxylation sites is 1. The normalized spacial score (nSPS) is 12.2. The highest BCUT2D eigenvalue weighted by atomic mass is 16.6. The maximum atomic E-state index is 12.2. The Morgan fingerprint density at radius 1 is 1.07 bits per heavy atom. The Hall–Kier alpha value is -4.01. The van der Waals surface area contributed by atoms with Gasteiger partial charge in [0.15, 0.2) is 23.1 Å². The number of esters is 1. The SMILES string of the molecule is CCOC(=O)c1ccccc1Nc1ncnc(Nc2ccc3c(c2)OCCO3)c1N. The maximum absolute atomic E-state index is 12.2. The number of rotatable bonds is 6. The Morgan fingerprint density at radius 2 is 1.80 bits per heavy atom. The summed E-state index contributed by atoms with van der Waals surface area (Å²) in [6.45, 7) is 3.07. The molecule has 1 aliphatic rings. The number of carbonyl (C=O) groups excluding carboxylic acids is 1. The number of carbonyl (C=O) groups is 1. The number of nitrogen functional groups attached to an aromatic ring is 1. The number of hydrogen-bond acceptors (Lipinski definition) is 9. The second kappa shape index (κ2) is 8.56. The van der Waals surface area contributed by atoms with Gasteiger partial charge in [0.25, 0.3) is 0 Å². The number of aromatic nitrogens is 2. The van der Waals surface area contributed by atoms with Gasteiger partial charge in [-0.05, 0) is 31.2 Å². The topological polar surface area (TPSA) is 121 Å². The third kappa shape index (κ3) is 4.04. The van der Waals surface area contributed by atoms with E-state index in [0.29, 0.717) is 53.3 Å². The van der Waals surface area contributed by atoms with Gasteiger partial charge in [0, 0.05) is 11.8 Å². The van der Waals surface area contributed by atoms with Crippen molar-refractivity contribution in [1.29, 1.82) is 0 Å². The van der Waals surface area contributed by atoms with Crippen LogP contribution in [0.1, 0.15) is 17.3 Å². The Labute approximate surface area is 173 Å². The van der Waals surface area contributed by atoms with Crippen molar-refractivity contribution in [3.63, 3.8) is 0 Å². The molecule has 154 valence electrons. The van der Waals surface area contributed by atoms with E-state index >= 15 is 0 Å². The molecule has 0 fully saturated rings. The van der Waals surface area contributed by atoms with Crippen LogP contribution in [0.5, 0.6) is 11.5 Å². The molecule has 0 spiro atoms. The molecule has 30 heavy (non-hydrogen) atoms. The van der Waals surface area contributed by atoms with Crippen molar-refractivity contribution in [2.45, 2.75) is 6.92 Å². The fourth-order valence-electron chi connectivity index (χ4n) is 2.96. The largest absolute Gasteiger partial charge is 0.486 e. The number of benzene rings is 2. The number of fused-ring (bicyclic) bond motifs is 1. The number of hydrogen-bond donors (Lipinski definition) is 3. The lowest BCUT2D eigenvalue weighted by Crippen LogP contribution is -2.15. The fourth-order valence-corrected chi connectivity index (χ4v) is 2.96. The lowest BCUT2D eigenvalue weighted by atomic mass is 10.2. The van der Waals surface area contributed by atoms with Crippen LogP contribution in [-0.2, 0) is 4.74 Å². The molecule has 0 saturated heterocycles. The molecule has 3 aromatic rings. The highest BCUT2D eigenvalue weighted by Crippen LogP contribution is 2.35. The van der Waals surface area contributed by atoms with Gasteiger partial charge in [0.05, 0.1) is 17.9 Å². The molecule has 1 aromatic heterocycles. The van der Waals surface area contributed by atoms with E-state index in [1.165, 1.54) is 6.33 Å². The van der Waals surface area contributed by atoms with Crippen LogP contribution in [0, 0.1) is 0 Å². The first kappa shape index (κ1) is 19.3. The van der Waals surface area contributed by atoms with E-state index in [-0.39, 0.29) is 6.61 Å². The van der Waals surface area contributed by atoms with Gasteiger partial charge in [-0.25, -0.2) is 14.8 Å². The Morgan fingerprint density at radius 3 is 2.60 bits per heavy atom. The second-order valence-corrected chi connectivity index (χ2v) is 6.36. The molecule has 0 aliphatic carbocycles. The van der Waals surface area contributed by atoms with Gasteiger partial charge in [-0.15, -0.1) is 0 Å². The standard InChI is InChI=1S/C21H21N5O4/c1-2-28-21(27)14-5-3-4-6-15(14)26-20-18(22)19(23-12-24-20)25-13-7-8-16-17(11-13)30-10-9-29-16/h3-8,11-12H,2,9-10,22H2,1H3,(H2,23,24,25,26). The maximum Gasteiger partial charge on any atom is 0.340 e. The van der Waals surface area contributed by atoms with Crippen molar-refractivity contribution < 1.29 is 19.0 Å². The lowest BCUT2D eigenvalue weighted by molar-refractivity contribution is 0.0527. The summed E-state index contributed by atoms with van der Waals surface area (Å²) in [4.78, 5) is 20.6. The molecule has 4 rings (SSSR count). The summed E-state index contributed by atoms with van der Waals surface area (Å²) in [5, 5.41) is 6.26. The first-order valence-electron chi connectivity index (χ1n) is 9.46. The van der Waals surface area contributed by atoms with E-state index < -0.39 is 5.97 Å². The number of anilines is 5. The van der Waals surface area contributed by atoms with E-state index in [9.17, 15) is 4.79 Å². The third-order valence-corrected chi connectivity index (χ3v) is 4.36. The fraction of sp³-hybridized carbons (Fsp3) is 0.190. The smallest absolute Gasteiger partial charge is 0.340 e. The second-order valence-electron chi connectivity index (χ2n) is 6.36. The van der Waals surface area contributed by atoms with Gasteiger partial charge in [-0.3, -0.25) is 0 Å². The van der Waals surface area contributed by atoms with E-state index in [0.717, 1.165) is 5.69 Å². The van der Waals surface area contributed by atoms with Crippen LogP contribution < -0.4 is 25.8 Å². The van der Waals surface area contributed by atoms with Crippen LogP contribution >= 0.6 is 0 Å². The summed E-state index contributed by atoms with van der Waals surface area (Å²) in [6.07, 6.45) is 1.38. The zero-order valence-electron chi connectivity index (χ0n) is 16.3. The third-order valence-electron chi connectivity index (χ3n) is 4.36. The van der Waals surface area contributed by atoms with Crippen LogP contribution in [0.15, 0.2) is 48.8 Å². The molecule has 9 nitrogen and oxygen atoms in total. The minimum Gasteiger partial charge on any atom is -0.486 e. The number of ether oxygens (including phenoxy) is 3. The molecule has 0 radical (unpaired) electrons. The van der Waals surface area contributed by atoms with Gasteiger partial charge in [0.1, 0.15) is 25.2 Å². The zero-order chi connectivity index (χ0) is 20.9. The van der Waals surface area contributed by atoms with Gasteiger partial charge in [-0.1, -0.05) is 12.1 Å². The van der Waals surface area contributed by atoms with Crippen molar-refractivity contribution in [1.82, 2.24) is 9.97 Å². The van der Waals surface area contributed by atoms with Crippen LogP contribution in [0.2, 0.25) is 0 Å².